The monoisotopic (exact) mass is 497 g/mol. The molecule has 0 fully saturated rings. The molecule has 0 aliphatic rings. The summed E-state index contributed by atoms with van der Waals surface area (Å²) in [6.07, 6.45) is 0. The van der Waals surface area contributed by atoms with E-state index in [1.54, 1.807) is 6.07 Å². The average Bonchev–Trinajstić information content (AvgIpc) is 2.43. The number of hydrogen-bond acceptors (Lipinski definition) is 1. The van der Waals surface area contributed by atoms with Crippen LogP contribution in [-0.4, -0.2) is 6.54 Å². The van der Waals surface area contributed by atoms with E-state index in [4.69, 9.17) is 11.6 Å². The summed E-state index contributed by atoms with van der Waals surface area (Å²) in [6.45, 7) is 2.69. The second kappa shape index (κ2) is 7.55. The summed E-state index contributed by atoms with van der Waals surface area (Å²) in [4.78, 5) is 0. The zero-order valence-corrected chi connectivity index (χ0v) is 16.6. The maximum Gasteiger partial charge on any atom is 0.129 e. The normalized spacial score (nSPS) is 12.5. The molecule has 0 aliphatic carbocycles. The van der Waals surface area contributed by atoms with Gasteiger partial charge < -0.3 is 5.32 Å². The van der Waals surface area contributed by atoms with Crippen LogP contribution >= 0.6 is 59.4 Å². The van der Waals surface area contributed by atoms with Crippen molar-refractivity contribution in [3.05, 3.63) is 65.7 Å². The topological polar surface area (TPSA) is 12.0 Å². The molecule has 0 saturated heterocycles. The van der Waals surface area contributed by atoms with Gasteiger partial charge in [0.1, 0.15) is 5.82 Å². The lowest BCUT2D eigenvalue weighted by atomic mass is 9.98. The molecule has 6 heteroatoms. The van der Waals surface area contributed by atoms with Gasteiger partial charge in [-0.05, 0) is 58.4 Å². The summed E-state index contributed by atoms with van der Waals surface area (Å²) in [5.74, 6) is -0.302. The molecule has 1 N–H and O–H groups in total. The first-order valence-corrected chi connectivity index (χ1v) is 9.02. The molecular formula is C15H12Br3ClFN. The van der Waals surface area contributed by atoms with Crippen molar-refractivity contribution < 1.29 is 4.39 Å². The zero-order valence-electron chi connectivity index (χ0n) is 11.1. The van der Waals surface area contributed by atoms with Crippen molar-refractivity contribution in [3.8, 4) is 0 Å². The van der Waals surface area contributed by atoms with Gasteiger partial charge in [0.15, 0.2) is 0 Å². The van der Waals surface area contributed by atoms with Crippen molar-refractivity contribution in [2.24, 2.45) is 0 Å². The molecule has 1 atom stereocenters. The third-order valence-electron chi connectivity index (χ3n) is 3.03. The highest BCUT2D eigenvalue weighted by atomic mass is 79.9. The molecule has 0 amide bonds. The Kier molecular flexibility index (Phi) is 6.26. The summed E-state index contributed by atoms with van der Waals surface area (Å²) in [7, 11) is 0. The Morgan fingerprint density at radius 1 is 1.10 bits per heavy atom. The SMILES string of the molecule is CCNC(c1cc(Cl)c(Br)cc1F)c1cc(Br)ccc1Br. The second-order valence-corrected chi connectivity index (χ2v) is 7.48. The molecule has 0 bridgehead atoms. The molecule has 1 unspecified atom stereocenters. The lowest BCUT2D eigenvalue weighted by molar-refractivity contribution is 0.557. The first kappa shape index (κ1) is 17.4. The standard InChI is InChI=1S/C15H12Br3ClFN/c1-2-21-15(9-5-8(16)3-4-11(9)17)10-6-13(19)12(18)7-14(10)20/h3-7,15,21H,2H2,1H3. The molecule has 0 saturated carbocycles. The van der Waals surface area contributed by atoms with Crippen LogP contribution in [0, 0.1) is 5.82 Å². The third-order valence-corrected chi connectivity index (χ3v) is 5.44. The third kappa shape index (κ3) is 4.08. The first-order chi connectivity index (χ1) is 9.93. The quantitative estimate of drug-likeness (QED) is 0.475. The van der Waals surface area contributed by atoms with Gasteiger partial charge in [0.25, 0.3) is 0 Å². The van der Waals surface area contributed by atoms with Crippen LogP contribution < -0.4 is 5.32 Å². The minimum Gasteiger partial charge on any atom is -0.306 e. The molecule has 2 aromatic carbocycles. The highest BCUT2D eigenvalue weighted by molar-refractivity contribution is 9.11. The van der Waals surface area contributed by atoms with Gasteiger partial charge in [-0.1, -0.05) is 50.4 Å². The van der Waals surface area contributed by atoms with Crippen LogP contribution in [-0.2, 0) is 0 Å². The lowest BCUT2D eigenvalue weighted by Gasteiger charge is -2.21. The van der Waals surface area contributed by atoms with E-state index in [1.807, 2.05) is 25.1 Å². The van der Waals surface area contributed by atoms with E-state index < -0.39 is 0 Å². The molecule has 0 aliphatic heterocycles. The van der Waals surface area contributed by atoms with Gasteiger partial charge in [-0.2, -0.15) is 0 Å². The van der Waals surface area contributed by atoms with Crippen LogP contribution in [0.3, 0.4) is 0 Å². The van der Waals surface area contributed by atoms with Crippen LogP contribution in [0.4, 0.5) is 4.39 Å². The summed E-state index contributed by atoms with van der Waals surface area (Å²) >= 11 is 16.4. The van der Waals surface area contributed by atoms with Crippen LogP contribution in [0.2, 0.25) is 5.02 Å². The van der Waals surface area contributed by atoms with E-state index >= 15 is 0 Å². The predicted octanol–water partition coefficient (Wildman–Crippen LogP) is 6.47. The van der Waals surface area contributed by atoms with Gasteiger partial charge in [-0.15, -0.1) is 0 Å². The van der Waals surface area contributed by atoms with Crippen LogP contribution in [0.1, 0.15) is 24.1 Å². The van der Waals surface area contributed by atoms with Crippen molar-refractivity contribution in [2.75, 3.05) is 6.54 Å². The molecule has 1 nitrogen and oxygen atoms in total. The number of hydrogen-bond donors (Lipinski definition) is 1. The zero-order chi connectivity index (χ0) is 15.6. The van der Waals surface area contributed by atoms with E-state index in [2.05, 4.69) is 53.1 Å². The van der Waals surface area contributed by atoms with E-state index in [0.717, 1.165) is 14.5 Å². The second-order valence-electron chi connectivity index (χ2n) is 4.44. The Balaban J connectivity index is 2.58. The van der Waals surface area contributed by atoms with E-state index in [0.29, 0.717) is 21.6 Å². The molecular weight excluding hydrogens is 488 g/mol. The van der Waals surface area contributed by atoms with Crippen molar-refractivity contribution in [2.45, 2.75) is 13.0 Å². The fraction of sp³-hybridized carbons (Fsp3) is 0.200. The van der Waals surface area contributed by atoms with Crippen molar-refractivity contribution in [1.82, 2.24) is 5.32 Å². The van der Waals surface area contributed by atoms with Crippen molar-refractivity contribution >= 4 is 59.4 Å². The van der Waals surface area contributed by atoms with Crippen molar-refractivity contribution in [3.63, 3.8) is 0 Å². The Bertz CT molecular complexity index is 664. The highest BCUT2D eigenvalue weighted by Gasteiger charge is 2.21. The smallest absolute Gasteiger partial charge is 0.129 e. The summed E-state index contributed by atoms with van der Waals surface area (Å²) in [6, 6.07) is 8.60. The van der Waals surface area contributed by atoms with Crippen molar-refractivity contribution in [1.29, 1.82) is 0 Å². The molecule has 21 heavy (non-hydrogen) atoms. The number of nitrogens with one attached hydrogen (secondary N) is 1. The molecule has 2 rings (SSSR count). The highest BCUT2D eigenvalue weighted by Crippen LogP contribution is 2.35. The van der Waals surface area contributed by atoms with E-state index in [9.17, 15) is 4.39 Å². The summed E-state index contributed by atoms with van der Waals surface area (Å²) in [5.41, 5.74) is 1.47. The minimum atomic E-state index is -0.302. The van der Waals surface area contributed by atoms with E-state index in [-0.39, 0.29) is 11.9 Å². The minimum absolute atomic E-state index is 0.285. The largest absolute Gasteiger partial charge is 0.306 e. The maximum atomic E-state index is 14.4. The van der Waals surface area contributed by atoms with Gasteiger partial charge in [0.2, 0.25) is 0 Å². The Labute approximate surface area is 153 Å². The number of halogens is 5. The number of rotatable bonds is 4. The lowest BCUT2D eigenvalue weighted by Crippen LogP contribution is -2.23. The maximum absolute atomic E-state index is 14.4. The molecule has 2 aromatic rings. The fourth-order valence-electron chi connectivity index (χ4n) is 2.09. The molecule has 0 radical (unpaired) electrons. The Morgan fingerprint density at radius 3 is 2.48 bits per heavy atom. The van der Waals surface area contributed by atoms with Gasteiger partial charge in [-0.3, -0.25) is 0 Å². The fourth-order valence-corrected chi connectivity index (χ4v) is 3.43. The molecule has 0 heterocycles. The predicted molar refractivity (Wildman–Crippen MR) is 96.5 cm³/mol. The van der Waals surface area contributed by atoms with Gasteiger partial charge in [0, 0.05) is 19.0 Å². The Hall–Kier alpha value is 0.0600. The van der Waals surface area contributed by atoms with Crippen LogP contribution in [0.25, 0.3) is 0 Å². The van der Waals surface area contributed by atoms with Gasteiger partial charge >= 0.3 is 0 Å². The average molecular weight is 500 g/mol. The van der Waals surface area contributed by atoms with Crippen LogP contribution in [0.5, 0.6) is 0 Å². The summed E-state index contributed by atoms with van der Waals surface area (Å²) in [5, 5.41) is 3.79. The van der Waals surface area contributed by atoms with Crippen LogP contribution in [0.15, 0.2) is 43.7 Å². The molecule has 112 valence electrons. The first-order valence-electron chi connectivity index (χ1n) is 6.26. The van der Waals surface area contributed by atoms with Gasteiger partial charge in [-0.25, -0.2) is 4.39 Å². The van der Waals surface area contributed by atoms with E-state index in [1.165, 1.54) is 6.07 Å². The summed E-state index contributed by atoms with van der Waals surface area (Å²) < 4.78 is 16.8. The Morgan fingerprint density at radius 2 is 1.81 bits per heavy atom. The number of benzene rings is 2. The molecule has 0 aromatic heterocycles. The van der Waals surface area contributed by atoms with Gasteiger partial charge in [0.05, 0.1) is 11.1 Å². The molecule has 0 spiro atoms.